The van der Waals surface area contributed by atoms with Gasteiger partial charge in [0.25, 0.3) is 0 Å². The minimum Gasteiger partial charge on any atom is -0.351 e. The van der Waals surface area contributed by atoms with E-state index in [4.69, 9.17) is 11.0 Å². The van der Waals surface area contributed by atoms with Gasteiger partial charge in [0.05, 0.1) is 0 Å². The second-order valence-corrected chi connectivity index (χ2v) is 3.20. The van der Waals surface area contributed by atoms with Gasteiger partial charge in [0.2, 0.25) is 10.1 Å². The summed E-state index contributed by atoms with van der Waals surface area (Å²) in [6, 6.07) is 1.18. The highest BCUT2D eigenvalue weighted by Crippen LogP contribution is 2.18. The fraction of sp³-hybridized carbons (Fsp3) is 0.143. The van der Waals surface area contributed by atoms with Crippen LogP contribution in [0.5, 0.6) is 0 Å². The summed E-state index contributed by atoms with van der Waals surface area (Å²) in [5.41, 5.74) is 5.10. The monoisotopic (exact) mass is 209 g/mol. The van der Waals surface area contributed by atoms with Gasteiger partial charge in [0.1, 0.15) is 6.07 Å². The molecule has 0 atom stereocenters. The number of nitriles is 1. The van der Waals surface area contributed by atoms with Gasteiger partial charge >= 0.3 is 6.03 Å². The Hall–Kier alpha value is -1.94. The smallest absolute Gasteiger partial charge is 0.321 e. The Balaban J connectivity index is 2.94. The van der Waals surface area contributed by atoms with Gasteiger partial charge in [-0.2, -0.15) is 5.26 Å². The fourth-order valence-electron chi connectivity index (χ4n) is 0.761. The molecule has 0 aliphatic rings. The van der Waals surface area contributed by atoms with Crippen molar-refractivity contribution in [2.24, 2.45) is 5.73 Å². The van der Waals surface area contributed by atoms with E-state index in [-0.39, 0.29) is 11.6 Å². The lowest BCUT2D eigenvalue weighted by Crippen LogP contribution is -2.35. The van der Waals surface area contributed by atoms with Crippen molar-refractivity contribution in [3.05, 3.63) is 17.7 Å². The minimum absolute atomic E-state index is 0.190. The molecule has 0 unspecified atom stereocenters. The molecule has 0 bridgehead atoms. The molecule has 0 saturated heterocycles. The molecule has 7 heteroatoms. The zero-order valence-electron chi connectivity index (χ0n) is 7.17. The van der Waals surface area contributed by atoms with Crippen molar-refractivity contribution in [3.8, 4) is 6.07 Å². The lowest BCUT2D eigenvalue weighted by molar-refractivity contribution is 0.254. The first-order valence-corrected chi connectivity index (χ1v) is 4.42. The summed E-state index contributed by atoms with van der Waals surface area (Å²) in [4.78, 5) is 12.1. The molecule has 14 heavy (non-hydrogen) atoms. The van der Waals surface area contributed by atoms with E-state index in [0.717, 1.165) is 11.3 Å². The van der Waals surface area contributed by atoms with E-state index in [1.165, 1.54) is 11.0 Å². The third kappa shape index (κ3) is 2.05. The number of carbonyl (C=O) groups excluding carboxylic acids is 1. The topological polar surface area (TPSA) is 95.9 Å². The zero-order chi connectivity index (χ0) is 10.6. The average Bonchev–Trinajstić information content (AvgIpc) is 2.61. The molecule has 0 fully saturated rings. The number of nitrogens with zero attached hydrogens (tertiary/aromatic N) is 4. The molecule has 1 heterocycles. The summed E-state index contributed by atoms with van der Waals surface area (Å²) >= 11 is 1.00. The number of anilines is 1. The normalized spacial score (nSPS) is 9.07. The van der Waals surface area contributed by atoms with E-state index in [9.17, 15) is 4.79 Å². The molecule has 0 radical (unpaired) electrons. The van der Waals surface area contributed by atoms with Gasteiger partial charge in [-0.1, -0.05) is 17.4 Å². The quantitative estimate of drug-likeness (QED) is 0.732. The molecule has 6 nitrogen and oxygen atoms in total. The lowest BCUT2D eigenvalue weighted by atomic mass is 10.5. The number of amides is 2. The van der Waals surface area contributed by atoms with E-state index in [0.29, 0.717) is 5.13 Å². The second-order valence-electron chi connectivity index (χ2n) is 2.24. The molecule has 1 rings (SSSR count). The van der Waals surface area contributed by atoms with Crippen molar-refractivity contribution >= 4 is 22.5 Å². The molecular formula is C7H7N5OS. The summed E-state index contributed by atoms with van der Waals surface area (Å²) in [5.74, 6) is 0. The van der Waals surface area contributed by atoms with Gasteiger partial charge < -0.3 is 5.73 Å². The Morgan fingerprint density at radius 2 is 2.50 bits per heavy atom. The summed E-state index contributed by atoms with van der Waals surface area (Å²) < 4.78 is 0. The van der Waals surface area contributed by atoms with Crippen molar-refractivity contribution < 1.29 is 4.79 Å². The van der Waals surface area contributed by atoms with Crippen LogP contribution >= 0.6 is 11.3 Å². The highest BCUT2D eigenvalue weighted by atomic mass is 32.1. The number of hydrogen-bond donors (Lipinski definition) is 1. The van der Waals surface area contributed by atoms with Crippen LogP contribution in [0, 0.1) is 11.3 Å². The fourth-order valence-corrected chi connectivity index (χ4v) is 1.42. The van der Waals surface area contributed by atoms with Crippen LogP contribution < -0.4 is 10.6 Å². The van der Waals surface area contributed by atoms with E-state index >= 15 is 0 Å². The first-order chi connectivity index (χ1) is 6.69. The average molecular weight is 209 g/mol. The number of nitrogens with two attached hydrogens (primary N) is 1. The van der Waals surface area contributed by atoms with Gasteiger partial charge in [-0.15, -0.1) is 16.8 Å². The second kappa shape index (κ2) is 4.34. The lowest BCUT2D eigenvalue weighted by Gasteiger charge is -2.12. The van der Waals surface area contributed by atoms with Crippen LogP contribution in [0.3, 0.4) is 0 Å². The molecule has 72 valence electrons. The van der Waals surface area contributed by atoms with Crippen LogP contribution in [-0.4, -0.2) is 22.8 Å². The number of aromatic nitrogens is 2. The Morgan fingerprint density at radius 3 is 2.93 bits per heavy atom. The summed E-state index contributed by atoms with van der Waals surface area (Å²) in [7, 11) is 0. The summed E-state index contributed by atoms with van der Waals surface area (Å²) in [5, 5.41) is 16.2. The first-order valence-electron chi connectivity index (χ1n) is 3.60. The van der Waals surface area contributed by atoms with Gasteiger partial charge in [-0.05, 0) is 0 Å². The predicted molar refractivity (Wildman–Crippen MR) is 51.8 cm³/mol. The Bertz CT molecular complexity index is 393. The number of rotatable bonds is 3. The van der Waals surface area contributed by atoms with E-state index in [1.807, 2.05) is 6.07 Å². The number of urea groups is 1. The van der Waals surface area contributed by atoms with Crippen LogP contribution in [-0.2, 0) is 0 Å². The van der Waals surface area contributed by atoms with Gasteiger partial charge in [-0.3, -0.25) is 4.90 Å². The number of hydrogen-bond acceptors (Lipinski definition) is 5. The number of primary amides is 1. The predicted octanol–water partition coefficient (Wildman–Crippen LogP) is 0.481. The molecule has 2 N–H and O–H groups in total. The van der Waals surface area contributed by atoms with Gasteiger partial charge in [0.15, 0.2) is 0 Å². The molecule has 1 aromatic heterocycles. The molecule has 0 saturated carbocycles. The van der Waals surface area contributed by atoms with Crippen LogP contribution in [0.25, 0.3) is 0 Å². The van der Waals surface area contributed by atoms with Crippen LogP contribution in [0.2, 0.25) is 0 Å². The molecule has 1 aromatic rings. The van der Waals surface area contributed by atoms with Crippen LogP contribution in [0.1, 0.15) is 5.01 Å². The van der Waals surface area contributed by atoms with E-state index in [1.54, 1.807) is 0 Å². The standard InChI is InChI=1S/C7H7N5OS/c1-2-3-12(6(9)13)7-11-10-5(4-8)14-7/h2H,1,3H2,(H2,9,13). The van der Waals surface area contributed by atoms with Crippen LogP contribution in [0.4, 0.5) is 9.93 Å². The maximum absolute atomic E-state index is 10.9. The highest BCUT2D eigenvalue weighted by molar-refractivity contribution is 7.15. The maximum Gasteiger partial charge on any atom is 0.321 e. The summed E-state index contributed by atoms with van der Waals surface area (Å²) in [6.45, 7) is 3.72. The van der Waals surface area contributed by atoms with Gasteiger partial charge in [0, 0.05) is 6.54 Å². The van der Waals surface area contributed by atoms with E-state index < -0.39 is 6.03 Å². The molecule has 0 aliphatic heterocycles. The zero-order valence-corrected chi connectivity index (χ0v) is 7.99. The Labute approximate surface area is 84.3 Å². The third-order valence-electron chi connectivity index (χ3n) is 1.32. The maximum atomic E-state index is 10.9. The Kier molecular flexibility index (Phi) is 3.14. The SMILES string of the molecule is C=CCN(C(N)=O)c1nnc(C#N)s1. The van der Waals surface area contributed by atoms with Crippen molar-refractivity contribution in [3.63, 3.8) is 0 Å². The van der Waals surface area contributed by atoms with Gasteiger partial charge in [-0.25, -0.2) is 4.79 Å². The third-order valence-corrected chi connectivity index (χ3v) is 2.17. The largest absolute Gasteiger partial charge is 0.351 e. The van der Waals surface area contributed by atoms with E-state index in [2.05, 4.69) is 16.8 Å². The van der Waals surface area contributed by atoms with Crippen LogP contribution in [0.15, 0.2) is 12.7 Å². The summed E-state index contributed by atoms with van der Waals surface area (Å²) in [6.07, 6.45) is 1.51. The molecule has 2 amide bonds. The molecular weight excluding hydrogens is 202 g/mol. The van der Waals surface area contributed by atoms with Crippen molar-refractivity contribution in [2.75, 3.05) is 11.4 Å². The Morgan fingerprint density at radius 1 is 1.79 bits per heavy atom. The minimum atomic E-state index is -0.648. The number of carbonyl (C=O) groups is 1. The highest BCUT2D eigenvalue weighted by Gasteiger charge is 2.15. The molecule has 0 aromatic carbocycles. The molecule has 0 aliphatic carbocycles. The van der Waals surface area contributed by atoms with Crippen molar-refractivity contribution in [1.82, 2.24) is 10.2 Å². The van der Waals surface area contributed by atoms with Crippen molar-refractivity contribution in [1.29, 1.82) is 5.26 Å². The first kappa shape index (κ1) is 10.1. The molecule has 0 spiro atoms. The van der Waals surface area contributed by atoms with Crippen molar-refractivity contribution in [2.45, 2.75) is 0 Å².